The standard InChI is InChI=1S/C5H6N2O/c1-4-5(8)7-3-2-6-4/h2-3H,1H3,(H,7,8)/i1D3,2D,3D. The first kappa shape index (κ1) is 1.69. The summed E-state index contributed by atoms with van der Waals surface area (Å²) in [7, 11) is 0. The van der Waals surface area contributed by atoms with Crippen LogP contribution in [0.3, 0.4) is 0 Å². The second-order valence-electron chi connectivity index (χ2n) is 1.15. The van der Waals surface area contributed by atoms with Crippen molar-refractivity contribution in [3.8, 4) is 0 Å². The fourth-order valence-electron chi connectivity index (χ4n) is 0.279. The van der Waals surface area contributed by atoms with Gasteiger partial charge in [0.15, 0.2) is 0 Å². The molecule has 1 heterocycles. The second kappa shape index (κ2) is 1.78. The predicted octanol–water partition coefficient (Wildman–Crippen LogP) is 0.0783. The zero-order valence-electron chi connectivity index (χ0n) is 8.86. The van der Waals surface area contributed by atoms with Gasteiger partial charge in [-0.1, -0.05) is 0 Å². The van der Waals surface area contributed by atoms with Gasteiger partial charge in [-0.15, -0.1) is 0 Å². The number of rotatable bonds is 0. The van der Waals surface area contributed by atoms with Crippen molar-refractivity contribution >= 4 is 0 Å². The van der Waals surface area contributed by atoms with Crippen LogP contribution in [-0.2, 0) is 0 Å². The van der Waals surface area contributed by atoms with Crippen molar-refractivity contribution in [2.75, 3.05) is 0 Å². The van der Waals surface area contributed by atoms with E-state index in [2.05, 4.69) is 4.98 Å². The number of hydrogen-bond donors (Lipinski definition) is 1. The Hall–Kier alpha value is -1.12. The monoisotopic (exact) mass is 115 g/mol. The highest BCUT2D eigenvalue weighted by molar-refractivity contribution is 4.90. The summed E-state index contributed by atoms with van der Waals surface area (Å²) in [5, 5.41) is 0. The number of H-pyrrole nitrogens is 1. The van der Waals surface area contributed by atoms with E-state index in [1.54, 1.807) is 0 Å². The zero-order chi connectivity index (χ0) is 10.2. The normalized spacial score (nSPS) is 19.8. The number of aromatic amines is 1. The van der Waals surface area contributed by atoms with Crippen molar-refractivity contribution in [1.29, 1.82) is 0 Å². The third-order valence-electron chi connectivity index (χ3n) is 0.615. The average molecular weight is 115 g/mol. The van der Waals surface area contributed by atoms with Gasteiger partial charge in [0.25, 0.3) is 5.56 Å². The van der Waals surface area contributed by atoms with Crippen LogP contribution >= 0.6 is 0 Å². The van der Waals surface area contributed by atoms with E-state index in [9.17, 15) is 4.79 Å². The SMILES string of the molecule is [2H]c1nc(C([2H])([2H])[2H])c(=O)[nH]c1[2H]. The van der Waals surface area contributed by atoms with E-state index in [4.69, 9.17) is 6.85 Å². The van der Waals surface area contributed by atoms with Gasteiger partial charge < -0.3 is 4.98 Å². The molecule has 0 saturated heterocycles. The molecule has 0 aliphatic rings. The lowest BCUT2D eigenvalue weighted by Gasteiger charge is -1.83. The molecule has 1 aromatic rings. The first-order chi connectivity index (χ1) is 5.82. The summed E-state index contributed by atoms with van der Waals surface area (Å²) in [6, 6.07) is 0. The summed E-state index contributed by atoms with van der Waals surface area (Å²) in [6.07, 6.45) is -1.04. The minimum absolute atomic E-state index is 0.488. The first-order valence-electron chi connectivity index (χ1n) is 4.40. The van der Waals surface area contributed by atoms with Crippen molar-refractivity contribution in [2.24, 2.45) is 0 Å². The second-order valence-corrected chi connectivity index (χ2v) is 1.15. The highest BCUT2D eigenvalue weighted by atomic mass is 16.1. The molecular formula is C5H6N2O. The number of aryl methyl sites for hydroxylation is 1. The van der Waals surface area contributed by atoms with Crippen LogP contribution in [0.2, 0.25) is 0 Å². The molecule has 0 bridgehead atoms. The zero-order valence-corrected chi connectivity index (χ0v) is 3.86. The van der Waals surface area contributed by atoms with Crippen LogP contribution in [0.15, 0.2) is 17.1 Å². The van der Waals surface area contributed by atoms with E-state index < -0.39 is 30.5 Å². The van der Waals surface area contributed by atoms with E-state index in [1.165, 1.54) is 0 Å². The summed E-state index contributed by atoms with van der Waals surface area (Å²) in [4.78, 5) is 16.1. The van der Waals surface area contributed by atoms with Gasteiger partial charge >= 0.3 is 0 Å². The molecule has 0 spiro atoms. The maximum absolute atomic E-state index is 11.0. The third kappa shape index (κ3) is 0.753. The molecular weight excluding hydrogens is 104 g/mol. The van der Waals surface area contributed by atoms with Gasteiger partial charge in [0.05, 0.1) is 2.74 Å². The lowest BCUT2D eigenvalue weighted by molar-refractivity contribution is 1.06. The maximum Gasteiger partial charge on any atom is 0.269 e. The number of aromatic nitrogens is 2. The third-order valence-corrected chi connectivity index (χ3v) is 0.615. The van der Waals surface area contributed by atoms with Crippen molar-refractivity contribution in [2.45, 2.75) is 6.85 Å². The lowest BCUT2D eigenvalue weighted by atomic mass is 10.5. The van der Waals surface area contributed by atoms with E-state index >= 15 is 0 Å². The van der Waals surface area contributed by atoms with Gasteiger partial charge in [0.2, 0.25) is 0 Å². The summed E-state index contributed by atoms with van der Waals surface area (Å²) in [5.74, 6) is 0. The summed E-state index contributed by atoms with van der Waals surface area (Å²) >= 11 is 0. The molecule has 0 amide bonds. The largest absolute Gasteiger partial charge is 0.326 e. The topological polar surface area (TPSA) is 45.8 Å². The van der Waals surface area contributed by atoms with Crippen LogP contribution < -0.4 is 5.56 Å². The van der Waals surface area contributed by atoms with Crippen LogP contribution in [0.5, 0.6) is 0 Å². The summed E-state index contributed by atoms with van der Waals surface area (Å²) in [6.45, 7) is -2.64. The molecule has 1 aromatic heterocycles. The molecule has 0 aromatic carbocycles. The molecule has 1 N–H and O–H groups in total. The fraction of sp³-hybridized carbons (Fsp3) is 0.200. The van der Waals surface area contributed by atoms with Gasteiger partial charge in [-0.2, -0.15) is 0 Å². The minimum Gasteiger partial charge on any atom is -0.326 e. The smallest absolute Gasteiger partial charge is 0.269 e. The molecule has 42 valence electrons. The number of nitrogens with zero attached hydrogens (tertiary/aromatic N) is 1. The summed E-state index contributed by atoms with van der Waals surface area (Å²) < 4.78 is 34.7. The van der Waals surface area contributed by atoms with E-state index in [-0.39, 0.29) is 0 Å². The van der Waals surface area contributed by atoms with Crippen LogP contribution in [0.25, 0.3) is 0 Å². The molecule has 0 fully saturated rings. The van der Waals surface area contributed by atoms with Gasteiger partial charge in [0, 0.05) is 16.5 Å². The minimum atomic E-state index is -2.64. The number of nitrogens with one attached hydrogen (secondary N) is 1. The molecule has 8 heavy (non-hydrogen) atoms. The van der Waals surface area contributed by atoms with Crippen LogP contribution in [0.4, 0.5) is 0 Å². The van der Waals surface area contributed by atoms with Crippen molar-refractivity contribution in [3.05, 3.63) is 28.4 Å². The Bertz CT molecular complexity index is 381. The Labute approximate surface area is 53.4 Å². The van der Waals surface area contributed by atoms with E-state index in [1.807, 2.05) is 4.98 Å². The predicted molar refractivity (Wildman–Crippen MR) is 29.6 cm³/mol. The molecule has 3 nitrogen and oxygen atoms in total. The molecule has 0 saturated carbocycles. The fourth-order valence-corrected chi connectivity index (χ4v) is 0.279. The molecule has 0 unspecified atom stereocenters. The molecule has 0 aliphatic heterocycles. The Balaban J connectivity index is 3.41. The van der Waals surface area contributed by atoms with Gasteiger partial charge in [-0.3, -0.25) is 9.78 Å². The molecule has 0 atom stereocenters. The van der Waals surface area contributed by atoms with Gasteiger partial charge in [-0.05, 0) is 6.85 Å². The van der Waals surface area contributed by atoms with Crippen molar-refractivity contribution < 1.29 is 6.85 Å². The quantitative estimate of drug-likeness (QED) is 0.520. The van der Waals surface area contributed by atoms with Crippen LogP contribution in [-0.4, -0.2) is 9.97 Å². The Morgan fingerprint density at radius 3 is 3.75 bits per heavy atom. The van der Waals surface area contributed by atoms with Crippen LogP contribution in [0, 0.1) is 6.85 Å². The molecule has 0 aliphatic carbocycles. The first-order valence-corrected chi connectivity index (χ1v) is 1.90. The Morgan fingerprint density at radius 2 is 3.00 bits per heavy atom. The van der Waals surface area contributed by atoms with Crippen LogP contribution in [0.1, 0.15) is 12.5 Å². The Morgan fingerprint density at radius 1 is 2.12 bits per heavy atom. The summed E-state index contributed by atoms with van der Waals surface area (Å²) in [5.41, 5.74) is -1.64. The van der Waals surface area contributed by atoms with Gasteiger partial charge in [-0.25, -0.2) is 0 Å². The lowest BCUT2D eigenvalue weighted by Crippen LogP contribution is -2.08. The molecule has 3 heteroatoms. The van der Waals surface area contributed by atoms with Gasteiger partial charge in [0.1, 0.15) is 5.69 Å². The Kier molecular flexibility index (Phi) is 0.374. The number of hydrogen-bond acceptors (Lipinski definition) is 2. The molecule has 0 radical (unpaired) electrons. The average Bonchev–Trinajstić information content (AvgIpc) is 1.94. The van der Waals surface area contributed by atoms with Crippen molar-refractivity contribution in [1.82, 2.24) is 9.97 Å². The highest BCUT2D eigenvalue weighted by Gasteiger charge is 1.85. The maximum atomic E-state index is 11.0. The van der Waals surface area contributed by atoms with E-state index in [0.717, 1.165) is 0 Å². The van der Waals surface area contributed by atoms with E-state index in [0.29, 0.717) is 0 Å². The highest BCUT2D eigenvalue weighted by Crippen LogP contribution is 1.72. The van der Waals surface area contributed by atoms with Crippen molar-refractivity contribution in [3.63, 3.8) is 0 Å². The molecule has 1 rings (SSSR count).